The van der Waals surface area contributed by atoms with E-state index in [1.807, 2.05) is 30.3 Å². The average molecular weight is 1380 g/mol. The minimum atomic E-state index is -1.73. The van der Waals surface area contributed by atoms with E-state index in [0.717, 1.165) is 58.0 Å². The van der Waals surface area contributed by atoms with E-state index in [-0.39, 0.29) is 46.1 Å². The molecule has 2 unspecified atom stereocenters. The smallest absolute Gasteiger partial charge is 0.338 e. The Labute approximate surface area is 583 Å². The Morgan fingerprint density at radius 3 is 1.66 bits per heavy atom. The first kappa shape index (κ1) is 70.3. The molecule has 10 aliphatic rings. The molecule has 4 aromatic rings. The van der Waals surface area contributed by atoms with Crippen LogP contribution < -0.4 is 0 Å². The molecule has 100 heavy (non-hydrogen) atoms. The van der Waals surface area contributed by atoms with Gasteiger partial charge in [0, 0.05) is 38.7 Å². The number of hydrogen-bond donors (Lipinski definition) is 0. The highest BCUT2D eigenvalue weighted by Crippen LogP contribution is 2.71. The van der Waals surface area contributed by atoms with Gasteiger partial charge in [-0.05, 0) is 147 Å². The van der Waals surface area contributed by atoms with Crippen molar-refractivity contribution in [1.82, 2.24) is 0 Å². The van der Waals surface area contributed by atoms with Gasteiger partial charge in [-0.25, -0.2) is 14.4 Å². The Hall–Kier alpha value is -6.70. The topological polar surface area (TPSA) is 250 Å². The van der Waals surface area contributed by atoms with Crippen LogP contribution in [0.5, 0.6) is 0 Å². The molecule has 538 valence electrons. The zero-order valence-corrected chi connectivity index (χ0v) is 58.1. The van der Waals surface area contributed by atoms with Gasteiger partial charge in [0.2, 0.25) is 0 Å². The Kier molecular flexibility index (Phi) is 20.5. The molecule has 0 N–H and O–H groups in total. The molecule has 0 aromatic heterocycles. The lowest BCUT2D eigenvalue weighted by molar-refractivity contribution is -0.414. The first-order valence-corrected chi connectivity index (χ1v) is 36.0. The lowest BCUT2D eigenvalue weighted by Crippen LogP contribution is -2.69. The second-order valence-corrected chi connectivity index (χ2v) is 30.0. The molecular weight excluding hydrogens is 1290 g/mol. The summed E-state index contributed by atoms with van der Waals surface area (Å²) >= 11 is 0. The number of carbonyl (C=O) groups is 6. The van der Waals surface area contributed by atoms with Crippen molar-refractivity contribution in [2.45, 2.75) is 230 Å². The third-order valence-corrected chi connectivity index (χ3v) is 23.9. The van der Waals surface area contributed by atoms with Crippen molar-refractivity contribution in [3.63, 3.8) is 0 Å². The summed E-state index contributed by atoms with van der Waals surface area (Å²) in [5.74, 6) is -2.16. The Morgan fingerprint density at radius 2 is 1.03 bits per heavy atom. The maximum absolute atomic E-state index is 14.7. The number of hydrogen-bond acceptors (Lipinski definition) is 22. The number of ether oxygens (including phenoxy) is 16. The van der Waals surface area contributed by atoms with E-state index in [1.54, 1.807) is 97.9 Å². The van der Waals surface area contributed by atoms with Crippen molar-refractivity contribution < 1.29 is 105 Å². The van der Waals surface area contributed by atoms with Crippen LogP contribution in [0.4, 0.5) is 0 Å². The van der Waals surface area contributed by atoms with Gasteiger partial charge < -0.3 is 75.8 Å². The summed E-state index contributed by atoms with van der Waals surface area (Å²) < 4.78 is 107. The monoisotopic (exact) mass is 1380 g/mol. The molecule has 22 nitrogen and oxygen atoms in total. The van der Waals surface area contributed by atoms with Crippen LogP contribution in [0.1, 0.15) is 163 Å². The second kappa shape index (κ2) is 29.2. The average Bonchev–Trinajstić information content (AvgIpc) is 1.50. The van der Waals surface area contributed by atoms with Gasteiger partial charge in [0.15, 0.2) is 67.6 Å². The van der Waals surface area contributed by atoms with Crippen molar-refractivity contribution in [3.05, 3.63) is 144 Å². The van der Waals surface area contributed by atoms with Gasteiger partial charge in [0.05, 0.1) is 54.8 Å². The summed E-state index contributed by atoms with van der Waals surface area (Å²) in [5, 5.41) is 0. The molecular formula is C78H94O22. The van der Waals surface area contributed by atoms with E-state index < -0.39 is 147 Å². The summed E-state index contributed by atoms with van der Waals surface area (Å²) in [6, 6.07) is 33.8. The Balaban J connectivity index is 0.822. The van der Waals surface area contributed by atoms with Crippen LogP contribution in [0, 0.1) is 52.3 Å². The molecule has 6 saturated heterocycles. The van der Waals surface area contributed by atoms with Crippen molar-refractivity contribution in [1.29, 1.82) is 0 Å². The van der Waals surface area contributed by atoms with Crippen molar-refractivity contribution in [2.24, 2.45) is 52.3 Å². The molecule has 6 heterocycles. The first-order chi connectivity index (χ1) is 48.2. The largest absolute Gasteiger partial charge is 0.456 e. The molecule has 27 atom stereocenters. The molecule has 0 bridgehead atoms. The van der Waals surface area contributed by atoms with Crippen LogP contribution in [0.25, 0.3) is 0 Å². The first-order valence-electron chi connectivity index (χ1n) is 36.0. The van der Waals surface area contributed by atoms with Crippen LogP contribution in [0.15, 0.2) is 121 Å². The maximum Gasteiger partial charge on any atom is 0.338 e. The normalized spacial score (nSPS) is 41.1. The summed E-state index contributed by atoms with van der Waals surface area (Å²) in [6.07, 6.45) is -11.7. The molecule has 0 radical (unpaired) electrons. The lowest BCUT2D eigenvalue weighted by atomic mass is 9.44. The lowest BCUT2D eigenvalue weighted by Gasteiger charge is -2.61. The highest BCUT2D eigenvalue weighted by molar-refractivity contribution is 5.91. The van der Waals surface area contributed by atoms with Gasteiger partial charge >= 0.3 is 35.8 Å². The number of benzene rings is 4. The molecule has 4 saturated carbocycles. The zero-order chi connectivity index (χ0) is 69.8. The molecule has 22 heteroatoms. The van der Waals surface area contributed by atoms with Gasteiger partial charge in [0.25, 0.3) is 0 Å². The molecule has 14 rings (SSSR count). The van der Waals surface area contributed by atoms with Gasteiger partial charge in [-0.15, -0.1) is 0 Å². The zero-order valence-electron chi connectivity index (χ0n) is 58.1. The quantitative estimate of drug-likeness (QED) is 0.0574. The fourth-order valence-electron chi connectivity index (χ4n) is 19.2. The van der Waals surface area contributed by atoms with E-state index in [4.69, 9.17) is 75.8 Å². The standard InChI is InChI=1S/C78H94O22/c1-42-31-36-78(87-39-42)43(2)60-57(100-78)38-56-54-30-29-52-37-53(32-34-76(52,7)55(54)33-35-77(56,60)8)92-75-68(99-74-67(91-47(6)81)64(90-46(5)80)61(44(3)88-74)89-45(4)79)65(62-59(94-75)41-85-72(97-62)51-27-19-12-20-28-51)98-73-66(96-71(84)50-25-17-11-18-26-50)63(95-70(83)49-23-15-10-16-24-49)58(40-86-73)93-69(82)48-21-13-9-14-22-48/h9-28,42-44,52-68,72-75H,29-41H2,1-8H3/t42-,43+,44+,52?,53+,54-,55+,56+,57+,58-,59-,60+,61+,62+,63+,64-,65+,66+,67-,68-,72?,73-,74+,75-,76+,77+,78-/m1/s1. The number of esters is 6. The fourth-order valence-corrected chi connectivity index (χ4v) is 19.2. The molecule has 0 amide bonds. The SMILES string of the molecule is CC(=O)O[C@@H]1[C@@H](OC(C)=O)[C@H](C)O[C@@H](O[C@H]2[C@H](O[C@H]3CC[C@@]4(C)C(CC[C@H]5[C@@H]6C[C@@H]7O[C@]8(CC[C@@H](C)CO8)[C@@H](C)[C@@H]7[C@@]6(C)CC[C@@H]54)C3)O[C@@H]3COC(c4ccccc4)O[C@@H]3[C@@H]2O[C@H]2OC[C@@H](OC(=O)c3ccccc3)[C@H](OC(=O)c3ccccc3)[C@@H]2OC(=O)c2ccccc2)[C@@H]1OC(C)=O. The van der Waals surface area contributed by atoms with E-state index in [1.165, 1.54) is 20.8 Å². The van der Waals surface area contributed by atoms with Gasteiger partial charge in [-0.2, -0.15) is 0 Å². The highest BCUT2D eigenvalue weighted by atomic mass is 16.8. The predicted molar refractivity (Wildman–Crippen MR) is 353 cm³/mol. The van der Waals surface area contributed by atoms with Gasteiger partial charge in [-0.3, -0.25) is 14.4 Å². The summed E-state index contributed by atoms with van der Waals surface area (Å²) in [4.78, 5) is 82.8. The van der Waals surface area contributed by atoms with Crippen LogP contribution >= 0.6 is 0 Å². The van der Waals surface area contributed by atoms with Crippen molar-refractivity contribution in [3.8, 4) is 0 Å². The van der Waals surface area contributed by atoms with E-state index >= 15 is 0 Å². The van der Waals surface area contributed by atoms with Crippen LogP contribution in [0.3, 0.4) is 0 Å². The minimum Gasteiger partial charge on any atom is -0.456 e. The molecule has 10 fully saturated rings. The van der Waals surface area contributed by atoms with E-state index in [9.17, 15) is 28.8 Å². The van der Waals surface area contributed by atoms with Crippen LogP contribution in [-0.4, -0.2) is 160 Å². The minimum absolute atomic E-state index is 0.00152. The third-order valence-electron chi connectivity index (χ3n) is 23.9. The van der Waals surface area contributed by atoms with Gasteiger partial charge in [-0.1, -0.05) is 113 Å². The molecule has 1 spiro atoms. The number of carbonyl (C=O) groups excluding carboxylic acids is 6. The summed E-state index contributed by atoms with van der Waals surface area (Å²) in [7, 11) is 0. The number of rotatable bonds is 16. The molecule has 4 aliphatic carbocycles. The second-order valence-electron chi connectivity index (χ2n) is 30.0. The van der Waals surface area contributed by atoms with Crippen molar-refractivity contribution in [2.75, 3.05) is 19.8 Å². The summed E-state index contributed by atoms with van der Waals surface area (Å²) in [6.45, 7) is 15.1. The van der Waals surface area contributed by atoms with E-state index in [2.05, 4.69) is 27.7 Å². The Bertz CT molecular complexity index is 3540. The molecule has 4 aromatic carbocycles. The van der Waals surface area contributed by atoms with E-state index in [0.29, 0.717) is 53.9 Å². The molecule has 6 aliphatic heterocycles. The predicted octanol–water partition coefficient (Wildman–Crippen LogP) is 11.0. The van der Waals surface area contributed by atoms with Crippen LogP contribution in [0.2, 0.25) is 0 Å². The number of fused-ring (bicyclic) bond motifs is 8. The van der Waals surface area contributed by atoms with Crippen LogP contribution in [-0.2, 0) is 90.2 Å². The van der Waals surface area contributed by atoms with Gasteiger partial charge in [0.1, 0.15) is 24.4 Å². The third kappa shape index (κ3) is 13.9. The Morgan fingerprint density at radius 1 is 0.460 bits per heavy atom. The summed E-state index contributed by atoms with van der Waals surface area (Å²) in [5.41, 5.74) is 1.23. The highest BCUT2D eigenvalue weighted by Gasteiger charge is 2.70. The fraction of sp³-hybridized carbons (Fsp3) is 0.615. The maximum atomic E-state index is 14.7. The van der Waals surface area contributed by atoms with Crippen molar-refractivity contribution >= 4 is 35.8 Å².